The number of hydrogen-bond acceptors (Lipinski definition) is 6. The van der Waals surface area contributed by atoms with Crippen LogP contribution in [0.25, 0.3) is 10.8 Å². The lowest BCUT2D eigenvalue weighted by Crippen LogP contribution is -2.32. The number of anilines is 1. The molecule has 174 valence electrons. The van der Waals surface area contributed by atoms with Gasteiger partial charge in [-0.15, -0.1) is 0 Å². The minimum atomic E-state index is -0.922. The molecule has 0 aliphatic heterocycles. The fourth-order valence-electron chi connectivity index (χ4n) is 3.31. The lowest BCUT2D eigenvalue weighted by molar-refractivity contribution is -0.136. The smallest absolute Gasteiger partial charge is 0.343 e. The number of nitrogens with zero attached hydrogens (tertiary/aromatic N) is 1. The second-order valence-corrected chi connectivity index (χ2v) is 7.35. The molecule has 0 fully saturated rings. The molecular formula is C27H21N3O5. The number of esters is 1. The summed E-state index contributed by atoms with van der Waals surface area (Å²) in [5.41, 5.74) is 3.68. The Morgan fingerprint density at radius 1 is 0.800 bits per heavy atom. The monoisotopic (exact) mass is 467 g/mol. The summed E-state index contributed by atoms with van der Waals surface area (Å²) in [6.07, 6.45) is 1.34. The van der Waals surface area contributed by atoms with E-state index in [1.165, 1.54) is 13.3 Å². The Kier molecular flexibility index (Phi) is 7.13. The third-order valence-corrected chi connectivity index (χ3v) is 5.02. The van der Waals surface area contributed by atoms with Crippen LogP contribution >= 0.6 is 0 Å². The fraction of sp³-hybridized carbons (Fsp3) is 0.0370. The molecule has 0 aliphatic rings. The van der Waals surface area contributed by atoms with Gasteiger partial charge in [0.05, 0.1) is 18.9 Å². The molecule has 4 aromatic rings. The second-order valence-electron chi connectivity index (χ2n) is 7.35. The number of hydrazone groups is 1. The first kappa shape index (κ1) is 23.2. The van der Waals surface area contributed by atoms with Crippen LogP contribution in [0.15, 0.2) is 96.1 Å². The predicted octanol–water partition coefficient (Wildman–Crippen LogP) is 4.16. The van der Waals surface area contributed by atoms with Crippen LogP contribution in [0, 0.1) is 0 Å². The first-order valence-corrected chi connectivity index (χ1v) is 10.6. The Balaban J connectivity index is 1.38. The quantitative estimate of drug-likeness (QED) is 0.146. The average molecular weight is 467 g/mol. The van der Waals surface area contributed by atoms with Crippen LogP contribution in [-0.2, 0) is 9.59 Å². The summed E-state index contributed by atoms with van der Waals surface area (Å²) in [6.45, 7) is 0. The fourth-order valence-corrected chi connectivity index (χ4v) is 3.31. The molecule has 2 N–H and O–H groups in total. The highest BCUT2D eigenvalue weighted by atomic mass is 16.6. The molecule has 0 radical (unpaired) electrons. The third-order valence-electron chi connectivity index (χ3n) is 5.02. The SMILES string of the molecule is COc1cc(/C=N/NC(=O)C(=O)Nc2cccc3ccccc23)ccc1OC(=O)c1ccccc1. The van der Waals surface area contributed by atoms with Gasteiger partial charge in [0, 0.05) is 11.1 Å². The minimum absolute atomic E-state index is 0.233. The van der Waals surface area contributed by atoms with Gasteiger partial charge in [-0.1, -0.05) is 54.6 Å². The van der Waals surface area contributed by atoms with E-state index in [2.05, 4.69) is 15.8 Å². The number of methoxy groups -OCH3 is 1. The Bertz CT molecular complexity index is 1410. The number of hydrogen-bond donors (Lipinski definition) is 2. The molecule has 8 heteroatoms. The van der Waals surface area contributed by atoms with Crippen LogP contribution < -0.4 is 20.2 Å². The number of fused-ring (bicyclic) bond motifs is 1. The highest BCUT2D eigenvalue weighted by Gasteiger charge is 2.15. The van der Waals surface area contributed by atoms with Crippen molar-refractivity contribution in [2.24, 2.45) is 5.10 Å². The summed E-state index contributed by atoms with van der Waals surface area (Å²) in [5.74, 6) is -1.75. The van der Waals surface area contributed by atoms with Crippen molar-refractivity contribution in [2.75, 3.05) is 12.4 Å². The van der Waals surface area contributed by atoms with Crippen molar-refractivity contribution in [1.82, 2.24) is 5.43 Å². The number of amides is 2. The van der Waals surface area contributed by atoms with E-state index in [4.69, 9.17) is 9.47 Å². The van der Waals surface area contributed by atoms with E-state index in [9.17, 15) is 14.4 Å². The van der Waals surface area contributed by atoms with E-state index in [0.717, 1.165) is 10.8 Å². The summed E-state index contributed by atoms with van der Waals surface area (Å²) in [4.78, 5) is 36.8. The topological polar surface area (TPSA) is 106 Å². The molecule has 0 atom stereocenters. The van der Waals surface area contributed by atoms with E-state index in [1.807, 2.05) is 30.3 Å². The van der Waals surface area contributed by atoms with E-state index >= 15 is 0 Å². The average Bonchev–Trinajstić information content (AvgIpc) is 2.90. The molecular weight excluding hydrogens is 446 g/mol. The standard InChI is InChI=1S/C27H21N3O5/c1-34-24-16-18(14-15-23(24)35-27(33)20-9-3-2-4-10-20)17-28-30-26(32)25(31)29-22-13-7-11-19-8-5-6-12-21(19)22/h2-17H,1H3,(H,29,31)(H,30,32)/b28-17+. The number of benzene rings is 4. The number of ether oxygens (including phenoxy) is 2. The second kappa shape index (κ2) is 10.8. The maximum absolute atomic E-state index is 12.3. The highest BCUT2D eigenvalue weighted by molar-refractivity contribution is 6.40. The molecule has 0 aliphatic carbocycles. The van der Waals surface area contributed by atoms with Gasteiger partial charge in [0.1, 0.15) is 0 Å². The molecule has 4 rings (SSSR count). The zero-order valence-electron chi connectivity index (χ0n) is 18.7. The predicted molar refractivity (Wildman–Crippen MR) is 133 cm³/mol. The molecule has 2 amide bonds. The van der Waals surface area contributed by atoms with Gasteiger partial charge in [0.15, 0.2) is 11.5 Å². The third kappa shape index (κ3) is 5.69. The molecule has 0 aromatic heterocycles. The van der Waals surface area contributed by atoms with E-state index in [0.29, 0.717) is 22.6 Å². The molecule has 0 saturated heterocycles. The first-order chi connectivity index (χ1) is 17.0. The number of carbonyl (C=O) groups excluding carboxylic acids is 3. The molecule has 0 saturated carbocycles. The van der Waals surface area contributed by atoms with Gasteiger partial charge in [0.25, 0.3) is 0 Å². The highest BCUT2D eigenvalue weighted by Crippen LogP contribution is 2.28. The van der Waals surface area contributed by atoms with Crippen molar-refractivity contribution in [3.8, 4) is 11.5 Å². The van der Waals surface area contributed by atoms with Crippen molar-refractivity contribution < 1.29 is 23.9 Å². The Morgan fingerprint density at radius 2 is 1.54 bits per heavy atom. The van der Waals surface area contributed by atoms with Crippen LogP contribution in [0.1, 0.15) is 15.9 Å². The van der Waals surface area contributed by atoms with Gasteiger partial charge >= 0.3 is 17.8 Å². The van der Waals surface area contributed by atoms with Crippen LogP contribution in [0.3, 0.4) is 0 Å². The number of rotatable bonds is 6. The van der Waals surface area contributed by atoms with Gasteiger partial charge in [-0.05, 0) is 47.3 Å². The zero-order chi connectivity index (χ0) is 24.6. The van der Waals surface area contributed by atoms with Gasteiger partial charge in [-0.25, -0.2) is 10.2 Å². The van der Waals surface area contributed by atoms with Crippen molar-refractivity contribution in [3.63, 3.8) is 0 Å². The van der Waals surface area contributed by atoms with Gasteiger partial charge in [-0.2, -0.15) is 5.10 Å². The van der Waals surface area contributed by atoms with Gasteiger partial charge < -0.3 is 14.8 Å². The zero-order valence-corrected chi connectivity index (χ0v) is 18.7. The Labute approximate surface area is 201 Å². The number of nitrogens with one attached hydrogen (secondary N) is 2. The lowest BCUT2D eigenvalue weighted by atomic mass is 10.1. The molecule has 8 nitrogen and oxygen atoms in total. The van der Waals surface area contributed by atoms with E-state index in [-0.39, 0.29) is 5.75 Å². The summed E-state index contributed by atoms with van der Waals surface area (Å²) >= 11 is 0. The maximum Gasteiger partial charge on any atom is 0.343 e. The van der Waals surface area contributed by atoms with Crippen molar-refractivity contribution in [2.45, 2.75) is 0 Å². The minimum Gasteiger partial charge on any atom is -0.493 e. The normalized spacial score (nSPS) is 10.7. The maximum atomic E-state index is 12.3. The van der Waals surface area contributed by atoms with Gasteiger partial charge in [0.2, 0.25) is 0 Å². The van der Waals surface area contributed by atoms with Crippen LogP contribution in [-0.4, -0.2) is 31.1 Å². The summed E-state index contributed by atoms with van der Waals surface area (Å²) < 4.78 is 10.7. The first-order valence-electron chi connectivity index (χ1n) is 10.6. The summed E-state index contributed by atoms with van der Waals surface area (Å²) in [6, 6.07) is 26.3. The lowest BCUT2D eigenvalue weighted by Gasteiger charge is -2.10. The van der Waals surface area contributed by atoms with E-state index in [1.54, 1.807) is 60.7 Å². The van der Waals surface area contributed by atoms with Crippen LogP contribution in [0.5, 0.6) is 11.5 Å². The molecule has 0 bridgehead atoms. The largest absolute Gasteiger partial charge is 0.493 e. The number of carbonyl (C=O) groups is 3. The van der Waals surface area contributed by atoms with Gasteiger partial charge in [-0.3, -0.25) is 9.59 Å². The van der Waals surface area contributed by atoms with Crippen LogP contribution in [0.4, 0.5) is 5.69 Å². The summed E-state index contributed by atoms with van der Waals surface area (Å²) in [5, 5.41) is 8.19. The van der Waals surface area contributed by atoms with E-state index < -0.39 is 17.8 Å². The molecule has 4 aromatic carbocycles. The summed E-state index contributed by atoms with van der Waals surface area (Å²) in [7, 11) is 1.44. The van der Waals surface area contributed by atoms with Crippen LogP contribution in [0.2, 0.25) is 0 Å². The molecule has 0 unspecified atom stereocenters. The molecule has 0 spiro atoms. The van der Waals surface area contributed by atoms with Crippen molar-refractivity contribution in [1.29, 1.82) is 0 Å². The van der Waals surface area contributed by atoms with Crippen molar-refractivity contribution >= 4 is 40.5 Å². The van der Waals surface area contributed by atoms with Crippen molar-refractivity contribution in [3.05, 3.63) is 102 Å². The molecule has 0 heterocycles. The Morgan fingerprint density at radius 3 is 2.34 bits per heavy atom. The molecule has 35 heavy (non-hydrogen) atoms. The Hall–Kier alpha value is -4.98.